The number of rotatable bonds is 4. The highest BCUT2D eigenvalue weighted by molar-refractivity contribution is 5.40. The van der Waals surface area contributed by atoms with E-state index in [2.05, 4.69) is 25.2 Å². The SMILES string of the molecule is CNc1nccnc1[C@H]1CN(Cc2nccn2C)CCO1. The van der Waals surface area contributed by atoms with Gasteiger partial charge in [-0.2, -0.15) is 0 Å². The van der Waals surface area contributed by atoms with Crippen molar-refractivity contribution in [3.8, 4) is 0 Å². The van der Waals surface area contributed by atoms with Gasteiger partial charge < -0.3 is 14.6 Å². The molecular formula is C14H20N6O. The Kier molecular flexibility index (Phi) is 4.12. The second-order valence-electron chi connectivity index (χ2n) is 5.09. The molecule has 3 heterocycles. The average molecular weight is 288 g/mol. The third kappa shape index (κ3) is 3.03. The van der Waals surface area contributed by atoms with E-state index in [1.807, 2.05) is 31.1 Å². The van der Waals surface area contributed by atoms with Crippen molar-refractivity contribution in [1.29, 1.82) is 0 Å². The van der Waals surface area contributed by atoms with Crippen molar-refractivity contribution in [2.75, 3.05) is 32.1 Å². The minimum atomic E-state index is -0.0600. The van der Waals surface area contributed by atoms with Gasteiger partial charge in [-0.1, -0.05) is 0 Å². The van der Waals surface area contributed by atoms with Gasteiger partial charge in [0.1, 0.15) is 23.4 Å². The minimum Gasteiger partial charge on any atom is -0.372 e. The van der Waals surface area contributed by atoms with Gasteiger partial charge in [0.05, 0.1) is 13.2 Å². The van der Waals surface area contributed by atoms with E-state index in [4.69, 9.17) is 4.74 Å². The molecule has 21 heavy (non-hydrogen) atoms. The number of morpholine rings is 1. The van der Waals surface area contributed by atoms with Gasteiger partial charge in [-0.25, -0.2) is 9.97 Å². The zero-order valence-electron chi connectivity index (χ0n) is 12.4. The summed E-state index contributed by atoms with van der Waals surface area (Å²) in [4.78, 5) is 15.4. The van der Waals surface area contributed by atoms with Gasteiger partial charge in [0.25, 0.3) is 0 Å². The molecule has 0 aromatic carbocycles. The van der Waals surface area contributed by atoms with Gasteiger partial charge >= 0.3 is 0 Å². The van der Waals surface area contributed by atoms with Crippen LogP contribution in [0.15, 0.2) is 24.8 Å². The van der Waals surface area contributed by atoms with Crippen LogP contribution in [0.1, 0.15) is 17.6 Å². The summed E-state index contributed by atoms with van der Waals surface area (Å²) in [5.41, 5.74) is 0.865. The molecule has 7 heteroatoms. The topological polar surface area (TPSA) is 68.1 Å². The van der Waals surface area contributed by atoms with Gasteiger partial charge in [-0.05, 0) is 0 Å². The van der Waals surface area contributed by atoms with Crippen LogP contribution in [0.25, 0.3) is 0 Å². The average Bonchev–Trinajstić information content (AvgIpc) is 2.93. The first-order valence-electron chi connectivity index (χ1n) is 7.06. The van der Waals surface area contributed by atoms with Gasteiger partial charge in [0.15, 0.2) is 0 Å². The lowest BCUT2D eigenvalue weighted by Crippen LogP contribution is -2.38. The Hall–Kier alpha value is -1.99. The summed E-state index contributed by atoms with van der Waals surface area (Å²) in [6.07, 6.45) is 7.13. The predicted molar refractivity (Wildman–Crippen MR) is 78.8 cm³/mol. The number of hydrogen-bond acceptors (Lipinski definition) is 6. The fourth-order valence-corrected chi connectivity index (χ4v) is 2.54. The number of ether oxygens (including phenoxy) is 1. The van der Waals surface area contributed by atoms with Crippen molar-refractivity contribution in [3.05, 3.63) is 36.3 Å². The zero-order chi connectivity index (χ0) is 14.7. The molecule has 7 nitrogen and oxygen atoms in total. The van der Waals surface area contributed by atoms with Crippen LogP contribution in [0, 0.1) is 0 Å². The first kappa shape index (κ1) is 14.0. The van der Waals surface area contributed by atoms with Crippen molar-refractivity contribution in [1.82, 2.24) is 24.4 Å². The molecule has 1 N–H and O–H groups in total. The van der Waals surface area contributed by atoms with Gasteiger partial charge in [-0.3, -0.25) is 9.88 Å². The van der Waals surface area contributed by atoms with Crippen LogP contribution in [0.3, 0.4) is 0 Å². The van der Waals surface area contributed by atoms with Crippen LogP contribution in [-0.2, 0) is 18.3 Å². The summed E-state index contributed by atoms with van der Waals surface area (Å²) in [5.74, 6) is 1.84. The van der Waals surface area contributed by atoms with E-state index in [1.165, 1.54) is 0 Å². The van der Waals surface area contributed by atoms with Crippen LogP contribution >= 0.6 is 0 Å². The van der Waals surface area contributed by atoms with Crippen LogP contribution in [0.2, 0.25) is 0 Å². The summed E-state index contributed by atoms with van der Waals surface area (Å²) < 4.78 is 7.92. The van der Waals surface area contributed by atoms with Crippen molar-refractivity contribution >= 4 is 5.82 Å². The lowest BCUT2D eigenvalue weighted by molar-refractivity contribution is -0.0357. The number of nitrogens with one attached hydrogen (secondary N) is 1. The molecule has 0 amide bonds. The lowest BCUT2D eigenvalue weighted by atomic mass is 10.2. The Balaban J connectivity index is 1.72. The van der Waals surface area contributed by atoms with Crippen LogP contribution in [0.4, 0.5) is 5.82 Å². The summed E-state index contributed by atoms with van der Waals surface area (Å²) in [5, 5.41) is 3.07. The number of nitrogens with zero attached hydrogens (tertiary/aromatic N) is 5. The Labute approximate surface area is 124 Å². The largest absolute Gasteiger partial charge is 0.372 e. The molecule has 0 spiro atoms. The molecule has 1 atom stereocenters. The van der Waals surface area contributed by atoms with E-state index in [0.29, 0.717) is 6.61 Å². The molecule has 3 rings (SSSR count). The van der Waals surface area contributed by atoms with Crippen LogP contribution in [0.5, 0.6) is 0 Å². The monoisotopic (exact) mass is 288 g/mol. The van der Waals surface area contributed by atoms with Crippen molar-refractivity contribution in [3.63, 3.8) is 0 Å². The summed E-state index contributed by atoms with van der Waals surface area (Å²) in [7, 11) is 3.87. The van der Waals surface area contributed by atoms with E-state index in [1.54, 1.807) is 12.4 Å². The van der Waals surface area contributed by atoms with E-state index in [9.17, 15) is 0 Å². The molecule has 0 aliphatic carbocycles. The van der Waals surface area contributed by atoms with Crippen LogP contribution < -0.4 is 5.32 Å². The highest BCUT2D eigenvalue weighted by Gasteiger charge is 2.26. The Morgan fingerprint density at radius 3 is 2.90 bits per heavy atom. The van der Waals surface area contributed by atoms with Gasteiger partial charge in [0, 0.05) is 52.0 Å². The standard InChI is InChI=1S/C14H20N6O/c1-15-14-13(17-3-4-18-14)11-9-20(7-8-21-11)10-12-16-5-6-19(12)2/h3-6,11H,7-10H2,1-2H3,(H,15,18)/t11-/m1/s1. The molecule has 1 fully saturated rings. The molecule has 112 valence electrons. The quantitative estimate of drug-likeness (QED) is 0.898. The number of hydrogen-bond donors (Lipinski definition) is 1. The van der Waals surface area contributed by atoms with Gasteiger partial charge in [0.2, 0.25) is 0 Å². The number of imidazole rings is 1. The maximum Gasteiger partial charge on any atom is 0.150 e. The number of aryl methyl sites for hydroxylation is 1. The first-order chi connectivity index (χ1) is 10.3. The maximum atomic E-state index is 5.87. The zero-order valence-corrected chi connectivity index (χ0v) is 12.4. The first-order valence-corrected chi connectivity index (χ1v) is 7.06. The normalized spacial score (nSPS) is 19.6. The van der Waals surface area contributed by atoms with E-state index in [0.717, 1.165) is 37.0 Å². The van der Waals surface area contributed by atoms with Gasteiger partial charge in [-0.15, -0.1) is 0 Å². The molecule has 1 aliphatic heterocycles. The van der Waals surface area contributed by atoms with E-state index < -0.39 is 0 Å². The van der Waals surface area contributed by atoms with Crippen LogP contribution in [-0.4, -0.2) is 51.2 Å². The van der Waals surface area contributed by atoms with Crippen molar-refractivity contribution < 1.29 is 4.74 Å². The smallest absolute Gasteiger partial charge is 0.150 e. The van der Waals surface area contributed by atoms with E-state index >= 15 is 0 Å². The fourth-order valence-electron chi connectivity index (χ4n) is 2.54. The van der Waals surface area contributed by atoms with Crippen molar-refractivity contribution in [2.24, 2.45) is 7.05 Å². The molecule has 0 saturated carbocycles. The molecule has 0 unspecified atom stereocenters. The molecule has 0 bridgehead atoms. The minimum absolute atomic E-state index is 0.0600. The predicted octanol–water partition coefficient (Wildman–Crippen LogP) is 0.825. The molecule has 1 aliphatic rings. The number of aromatic nitrogens is 4. The number of anilines is 1. The highest BCUT2D eigenvalue weighted by atomic mass is 16.5. The lowest BCUT2D eigenvalue weighted by Gasteiger charge is -2.32. The summed E-state index contributed by atoms with van der Waals surface area (Å²) in [6.45, 7) is 3.20. The van der Waals surface area contributed by atoms with E-state index in [-0.39, 0.29) is 6.10 Å². The maximum absolute atomic E-state index is 5.87. The summed E-state index contributed by atoms with van der Waals surface area (Å²) in [6, 6.07) is 0. The third-order valence-corrected chi connectivity index (χ3v) is 3.70. The fraction of sp³-hybridized carbons (Fsp3) is 0.500. The second kappa shape index (κ2) is 6.19. The molecule has 2 aromatic heterocycles. The second-order valence-corrected chi connectivity index (χ2v) is 5.09. The Bertz CT molecular complexity index is 599. The molecule has 1 saturated heterocycles. The third-order valence-electron chi connectivity index (χ3n) is 3.70. The molecular weight excluding hydrogens is 268 g/mol. The summed E-state index contributed by atoms with van der Waals surface area (Å²) >= 11 is 0. The highest BCUT2D eigenvalue weighted by Crippen LogP contribution is 2.25. The Morgan fingerprint density at radius 2 is 2.14 bits per heavy atom. The molecule has 0 radical (unpaired) electrons. The molecule has 2 aromatic rings. The Morgan fingerprint density at radius 1 is 1.29 bits per heavy atom. The van der Waals surface area contributed by atoms with Crippen molar-refractivity contribution in [2.45, 2.75) is 12.6 Å².